The third kappa shape index (κ3) is 3.32. The van der Waals surface area contributed by atoms with Crippen LogP contribution in [0.15, 0.2) is 36.4 Å². The van der Waals surface area contributed by atoms with Gasteiger partial charge in [0.25, 0.3) is 0 Å². The summed E-state index contributed by atoms with van der Waals surface area (Å²) in [7, 11) is 0. The summed E-state index contributed by atoms with van der Waals surface area (Å²) < 4.78 is 13.6. The van der Waals surface area contributed by atoms with Crippen LogP contribution in [0, 0.1) is 12.7 Å². The van der Waals surface area contributed by atoms with Crippen molar-refractivity contribution in [3.8, 4) is 0 Å². The average molecular weight is 313 g/mol. The molecule has 0 aromatic heterocycles. The van der Waals surface area contributed by atoms with E-state index in [1.54, 1.807) is 44.2 Å². The number of halogens is 3. The van der Waals surface area contributed by atoms with Crippen molar-refractivity contribution in [3.05, 3.63) is 69.0 Å². The molecule has 106 valence electrons. The van der Waals surface area contributed by atoms with E-state index in [4.69, 9.17) is 23.2 Å². The predicted octanol–water partition coefficient (Wildman–Crippen LogP) is 4.89. The maximum Gasteiger partial charge on any atom is 0.126 e. The second-order valence-corrected chi connectivity index (χ2v) is 5.98. The van der Waals surface area contributed by atoms with Crippen molar-refractivity contribution in [2.75, 3.05) is 0 Å². The molecule has 20 heavy (non-hydrogen) atoms. The topological polar surface area (TPSA) is 20.2 Å². The summed E-state index contributed by atoms with van der Waals surface area (Å²) in [6, 6.07) is 9.96. The maximum atomic E-state index is 13.6. The SMILES string of the molecule is Cc1ccc(C(C)(O)Cc2ccc(Cl)c(Cl)c2)cc1F. The molecule has 2 aromatic rings. The highest BCUT2D eigenvalue weighted by Gasteiger charge is 2.24. The van der Waals surface area contributed by atoms with Gasteiger partial charge in [0, 0.05) is 6.42 Å². The second-order valence-electron chi connectivity index (χ2n) is 5.16. The van der Waals surface area contributed by atoms with Crippen LogP contribution in [0.4, 0.5) is 4.39 Å². The predicted molar refractivity (Wildman–Crippen MR) is 80.9 cm³/mol. The first-order valence-corrected chi connectivity index (χ1v) is 6.98. The van der Waals surface area contributed by atoms with E-state index in [2.05, 4.69) is 0 Å². The molecule has 0 fully saturated rings. The van der Waals surface area contributed by atoms with E-state index in [1.807, 2.05) is 0 Å². The largest absolute Gasteiger partial charge is 0.385 e. The highest BCUT2D eigenvalue weighted by Crippen LogP contribution is 2.29. The van der Waals surface area contributed by atoms with Crippen molar-refractivity contribution in [1.29, 1.82) is 0 Å². The Morgan fingerprint density at radius 2 is 1.80 bits per heavy atom. The second kappa shape index (κ2) is 5.72. The number of hydrogen-bond acceptors (Lipinski definition) is 1. The fourth-order valence-corrected chi connectivity index (χ4v) is 2.40. The van der Waals surface area contributed by atoms with E-state index in [9.17, 15) is 9.50 Å². The van der Waals surface area contributed by atoms with E-state index in [1.165, 1.54) is 6.07 Å². The van der Waals surface area contributed by atoms with Crippen molar-refractivity contribution in [2.24, 2.45) is 0 Å². The first-order valence-electron chi connectivity index (χ1n) is 6.22. The Bertz CT molecular complexity index is 638. The number of hydrogen-bond donors (Lipinski definition) is 1. The molecule has 2 rings (SSSR count). The lowest BCUT2D eigenvalue weighted by molar-refractivity contribution is 0.0573. The number of rotatable bonds is 3. The Labute approximate surface area is 128 Å². The van der Waals surface area contributed by atoms with E-state index in [0.717, 1.165) is 5.56 Å². The van der Waals surface area contributed by atoms with Gasteiger partial charge >= 0.3 is 0 Å². The van der Waals surface area contributed by atoms with Crippen LogP contribution in [0.5, 0.6) is 0 Å². The first-order chi connectivity index (χ1) is 9.29. The summed E-state index contributed by atoms with van der Waals surface area (Å²) in [5.41, 5.74) is 0.752. The van der Waals surface area contributed by atoms with Gasteiger partial charge in [-0.1, -0.05) is 41.4 Å². The van der Waals surface area contributed by atoms with Crippen molar-refractivity contribution in [1.82, 2.24) is 0 Å². The summed E-state index contributed by atoms with van der Waals surface area (Å²) >= 11 is 11.8. The van der Waals surface area contributed by atoms with E-state index >= 15 is 0 Å². The Kier molecular flexibility index (Phi) is 4.38. The molecule has 0 saturated carbocycles. The molecule has 0 aliphatic heterocycles. The van der Waals surface area contributed by atoms with E-state index < -0.39 is 5.60 Å². The molecule has 0 bridgehead atoms. The van der Waals surface area contributed by atoms with Crippen LogP contribution in [-0.2, 0) is 12.0 Å². The maximum absolute atomic E-state index is 13.6. The minimum absolute atomic E-state index is 0.322. The summed E-state index contributed by atoms with van der Waals surface area (Å²) in [6.45, 7) is 3.34. The third-order valence-electron chi connectivity index (χ3n) is 3.33. The van der Waals surface area contributed by atoms with Gasteiger partial charge in [-0.25, -0.2) is 4.39 Å². The van der Waals surface area contributed by atoms with Gasteiger partial charge < -0.3 is 5.11 Å². The van der Waals surface area contributed by atoms with Crippen molar-refractivity contribution >= 4 is 23.2 Å². The minimum atomic E-state index is -1.17. The standard InChI is InChI=1S/C16H15Cl2FO/c1-10-3-5-12(8-15(10)19)16(2,20)9-11-4-6-13(17)14(18)7-11/h3-8,20H,9H2,1-2H3. The molecule has 0 spiro atoms. The molecule has 1 nitrogen and oxygen atoms in total. The monoisotopic (exact) mass is 312 g/mol. The van der Waals surface area contributed by atoms with Crippen LogP contribution in [0.25, 0.3) is 0 Å². The Hall–Kier alpha value is -1.09. The van der Waals surface area contributed by atoms with Gasteiger partial charge in [0.2, 0.25) is 0 Å². The molecular weight excluding hydrogens is 298 g/mol. The minimum Gasteiger partial charge on any atom is -0.385 e. The molecule has 0 aliphatic carbocycles. The van der Waals surface area contributed by atoms with Gasteiger partial charge in [0.1, 0.15) is 5.82 Å². The summed E-state index contributed by atoms with van der Waals surface area (Å²) in [5.74, 6) is -0.322. The van der Waals surface area contributed by atoms with Crippen molar-refractivity contribution in [2.45, 2.75) is 25.9 Å². The smallest absolute Gasteiger partial charge is 0.126 e. The summed E-state index contributed by atoms with van der Waals surface area (Å²) in [5, 5.41) is 11.5. The van der Waals surface area contributed by atoms with Gasteiger partial charge in [0.15, 0.2) is 0 Å². The molecule has 0 radical (unpaired) electrons. The fraction of sp³-hybridized carbons (Fsp3) is 0.250. The summed E-state index contributed by atoms with van der Waals surface area (Å²) in [4.78, 5) is 0. The van der Waals surface area contributed by atoms with Crippen LogP contribution in [0.1, 0.15) is 23.6 Å². The Morgan fingerprint density at radius 1 is 1.10 bits per heavy atom. The molecule has 0 heterocycles. The molecular formula is C16H15Cl2FO. The molecule has 1 unspecified atom stereocenters. The molecule has 1 N–H and O–H groups in total. The fourth-order valence-electron chi connectivity index (χ4n) is 2.08. The zero-order valence-corrected chi connectivity index (χ0v) is 12.8. The van der Waals surface area contributed by atoms with Crippen LogP contribution < -0.4 is 0 Å². The highest BCUT2D eigenvalue weighted by atomic mass is 35.5. The van der Waals surface area contributed by atoms with Gasteiger partial charge in [-0.05, 0) is 48.7 Å². The van der Waals surface area contributed by atoms with Gasteiger partial charge in [-0.15, -0.1) is 0 Å². The Morgan fingerprint density at radius 3 is 2.40 bits per heavy atom. The molecule has 1 atom stereocenters. The van der Waals surface area contributed by atoms with Crippen molar-refractivity contribution < 1.29 is 9.50 Å². The van der Waals surface area contributed by atoms with Gasteiger partial charge in [0.05, 0.1) is 15.6 Å². The van der Waals surface area contributed by atoms with E-state index in [0.29, 0.717) is 27.6 Å². The zero-order chi connectivity index (χ0) is 14.9. The normalized spacial score (nSPS) is 14.1. The van der Waals surface area contributed by atoms with Gasteiger partial charge in [-0.3, -0.25) is 0 Å². The van der Waals surface area contributed by atoms with Crippen molar-refractivity contribution in [3.63, 3.8) is 0 Å². The van der Waals surface area contributed by atoms with Crippen LogP contribution in [-0.4, -0.2) is 5.11 Å². The lowest BCUT2D eigenvalue weighted by atomic mass is 9.88. The molecule has 0 saturated heterocycles. The molecule has 4 heteroatoms. The van der Waals surface area contributed by atoms with Crippen LogP contribution in [0.3, 0.4) is 0 Å². The molecule has 2 aromatic carbocycles. The lowest BCUT2D eigenvalue weighted by Crippen LogP contribution is -2.24. The van der Waals surface area contributed by atoms with E-state index in [-0.39, 0.29) is 5.82 Å². The Balaban J connectivity index is 2.29. The van der Waals surface area contributed by atoms with Gasteiger partial charge in [-0.2, -0.15) is 0 Å². The van der Waals surface area contributed by atoms with Crippen LogP contribution >= 0.6 is 23.2 Å². The lowest BCUT2D eigenvalue weighted by Gasteiger charge is -2.24. The molecule has 0 aliphatic rings. The number of aliphatic hydroxyl groups is 1. The highest BCUT2D eigenvalue weighted by molar-refractivity contribution is 6.42. The molecule has 0 amide bonds. The quantitative estimate of drug-likeness (QED) is 0.855. The average Bonchev–Trinajstić information content (AvgIpc) is 2.37. The first kappa shape index (κ1) is 15.3. The third-order valence-corrected chi connectivity index (χ3v) is 4.07. The number of aryl methyl sites for hydroxylation is 1. The summed E-state index contributed by atoms with van der Waals surface area (Å²) in [6.07, 6.45) is 0.326. The number of benzene rings is 2. The zero-order valence-electron chi connectivity index (χ0n) is 11.3. The van der Waals surface area contributed by atoms with Crippen LogP contribution in [0.2, 0.25) is 10.0 Å².